The van der Waals surface area contributed by atoms with E-state index >= 15 is 0 Å². The zero-order chi connectivity index (χ0) is 17.3. The van der Waals surface area contributed by atoms with Gasteiger partial charge in [0.1, 0.15) is 5.75 Å². The summed E-state index contributed by atoms with van der Waals surface area (Å²) < 4.78 is 44.0. The molecule has 0 unspecified atom stereocenters. The Kier molecular flexibility index (Phi) is 4.00. The molecule has 0 fully saturated rings. The summed E-state index contributed by atoms with van der Waals surface area (Å²) in [6.45, 7) is 2.85. The van der Waals surface area contributed by atoms with Crippen LogP contribution in [-0.2, 0) is 13.1 Å². The van der Waals surface area contributed by atoms with Gasteiger partial charge in [-0.3, -0.25) is 9.36 Å². The molecule has 0 radical (unpaired) electrons. The lowest BCUT2D eigenvalue weighted by molar-refractivity contribution is -0.274. The number of hydrogen-bond acceptors (Lipinski definition) is 4. The number of halogens is 3. The number of imidazole rings is 1. The number of nitrogens with zero attached hydrogens (tertiary/aromatic N) is 4. The molecule has 0 aliphatic carbocycles. The van der Waals surface area contributed by atoms with Crippen LogP contribution in [0.2, 0.25) is 0 Å². The van der Waals surface area contributed by atoms with E-state index in [9.17, 15) is 18.0 Å². The van der Waals surface area contributed by atoms with Gasteiger partial charge in [0.15, 0.2) is 0 Å². The monoisotopic (exact) mass is 338 g/mol. The fourth-order valence-corrected chi connectivity index (χ4v) is 2.39. The van der Waals surface area contributed by atoms with E-state index in [1.165, 1.54) is 17.0 Å². The topological polar surface area (TPSA) is 61.9 Å². The minimum Gasteiger partial charge on any atom is -0.406 e. The highest BCUT2D eigenvalue weighted by Crippen LogP contribution is 2.24. The van der Waals surface area contributed by atoms with E-state index in [1.807, 2.05) is 11.5 Å². The van der Waals surface area contributed by atoms with Crippen molar-refractivity contribution in [2.45, 2.75) is 26.4 Å². The van der Waals surface area contributed by atoms with Crippen molar-refractivity contribution in [3.63, 3.8) is 0 Å². The quantitative estimate of drug-likeness (QED) is 0.733. The molecule has 0 saturated heterocycles. The molecule has 0 amide bonds. The van der Waals surface area contributed by atoms with E-state index in [0.717, 1.165) is 17.8 Å². The maximum Gasteiger partial charge on any atom is 0.573 e. The summed E-state index contributed by atoms with van der Waals surface area (Å²) in [7, 11) is 0. The number of fused-ring (bicyclic) bond motifs is 1. The van der Waals surface area contributed by atoms with Crippen LogP contribution in [0.5, 0.6) is 5.75 Å². The number of ether oxygens (including phenoxy) is 1. The Morgan fingerprint density at radius 3 is 2.71 bits per heavy atom. The molecule has 0 bridgehead atoms. The number of rotatable bonds is 4. The molecule has 9 heteroatoms. The average molecular weight is 338 g/mol. The van der Waals surface area contributed by atoms with Gasteiger partial charge in [-0.25, -0.2) is 9.97 Å². The standard InChI is InChI=1S/C15H13F3N4O2/c1-2-21-8-19-6-10(21)7-22-9-20-13-4-3-11(24-15(16,17)18)5-12(13)14(22)23/h3-6,8-9H,2,7H2,1H3. The Morgan fingerprint density at radius 2 is 2.00 bits per heavy atom. The van der Waals surface area contributed by atoms with Crippen molar-refractivity contribution in [3.05, 3.63) is 53.1 Å². The van der Waals surface area contributed by atoms with E-state index in [0.29, 0.717) is 12.1 Å². The van der Waals surface area contributed by atoms with Gasteiger partial charge in [-0.1, -0.05) is 0 Å². The first-order chi connectivity index (χ1) is 11.4. The van der Waals surface area contributed by atoms with E-state index in [-0.39, 0.29) is 11.9 Å². The first-order valence-corrected chi connectivity index (χ1v) is 7.11. The van der Waals surface area contributed by atoms with E-state index < -0.39 is 17.7 Å². The third-order valence-corrected chi connectivity index (χ3v) is 3.50. The van der Waals surface area contributed by atoms with Crippen LogP contribution >= 0.6 is 0 Å². The predicted molar refractivity (Wildman–Crippen MR) is 79.7 cm³/mol. The molecule has 0 spiro atoms. The fourth-order valence-electron chi connectivity index (χ4n) is 2.39. The van der Waals surface area contributed by atoms with Crippen LogP contribution in [0.15, 0.2) is 41.8 Å². The van der Waals surface area contributed by atoms with Crippen LogP contribution in [0, 0.1) is 0 Å². The Hall–Kier alpha value is -2.84. The van der Waals surface area contributed by atoms with Crippen LogP contribution in [0.3, 0.4) is 0 Å². The maximum atomic E-state index is 12.5. The second-order valence-electron chi connectivity index (χ2n) is 5.08. The van der Waals surface area contributed by atoms with Gasteiger partial charge in [0.05, 0.1) is 35.8 Å². The van der Waals surface area contributed by atoms with E-state index in [4.69, 9.17) is 0 Å². The number of aryl methyl sites for hydroxylation is 1. The zero-order valence-electron chi connectivity index (χ0n) is 12.6. The molecule has 126 valence electrons. The van der Waals surface area contributed by atoms with E-state index in [2.05, 4.69) is 14.7 Å². The van der Waals surface area contributed by atoms with Gasteiger partial charge in [0.25, 0.3) is 5.56 Å². The first-order valence-electron chi connectivity index (χ1n) is 7.11. The molecule has 2 aromatic heterocycles. The lowest BCUT2D eigenvalue weighted by Crippen LogP contribution is -2.23. The van der Waals surface area contributed by atoms with Crippen molar-refractivity contribution in [2.24, 2.45) is 0 Å². The van der Waals surface area contributed by atoms with Gasteiger partial charge >= 0.3 is 6.36 Å². The zero-order valence-corrected chi connectivity index (χ0v) is 12.6. The molecule has 24 heavy (non-hydrogen) atoms. The summed E-state index contributed by atoms with van der Waals surface area (Å²) in [6.07, 6.45) is -0.183. The maximum absolute atomic E-state index is 12.5. The molecule has 2 heterocycles. The van der Waals surface area contributed by atoms with Crippen LogP contribution in [-0.4, -0.2) is 25.5 Å². The first kappa shape index (κ1) is 16.0. The lowest BCUT2D eigenvalue weighted by Gasteiger charge is -2.11. The van der Waals surface area contributed by atoms with Crippen LogP contribution in [0.1, 0.15) is 12.6 Å². The van der Waals surface area contributed by atoms with Crippen LogP contribution in [0.25, 0.3) is 10.9 Å². The molecule has 0 aliphatic heterocycles. The Labute approximate surface area is 134 Å². The third kappa shape index (κ3) is 3.24. The largest absolute Gasteiger partial charge is 0.573 e. The summed E-state index contributed by atoms with van der Waals surface area (Å²) >= 11 is 0. The van der Waals surface area contributed by atoms with E-state index in [1.54, 1.807) is 12.5 Å². The minimum atomic E-state index is -4.82. The summed E-state index contributed by atoms with van der Waals surface area (Å²) in [5.74, 6) is -0.453. The second kappa shape index (κ2) is 5.99. The molecule has 3 rings (SSSR count). The second-order valence-corrected chi connectivity index (χ2v) is 5.08. The number of hydrogen-bond donors (Lipinski definition) is 0. The normalized spacial score (nSPS) is 11.8. The summed E-state index contributed by atoms with van der Waals surface area (Å²) in [6, 6.07) is 3.49. The fraction of sp³-hybridized carbons (Fsp3) is 0.267. The Morgan fingerprint density at radius 1 is 1.21 bits per heavy atom. The van der Waals surface area contributed by atoms with Crippen LogP contribution < -0.4 is 10.3 Å². The molecule has 0 N–H and O–H groups in total. The molecule has 0 saturated carbocycles. The molecule has 3 aromatic rings. The van der Waals surface area contributed by atoms with Gasteiger partial charge in [0, 0.05) is 12.7 Å². The predicted octanol–water partition coefficient (Wildman–Crippen LogP) is 2.56. The number of benzene rings is 1. The van der Waals surface area contributed by atoms with Gasteiger partial charge in [0.2, 0.25) is 0 Å². The average Bonchev–Trinajstić information content (AvgIpc) is 2.96. The van der Waals surface area contributed by atoms with Crippen molar-refractivity contribution in [3.8, 4) is 5.75 Å². The molecule has 1 aromatic carbocycles. The highest BCUT2D eigenvalue weighted by Gasteiger charge is 2.31. The van der Waals surface area contributed by atoms with Gasteiger partial charge in [-0.2, -0.15) is 0 Å². The lowest BCUT2D eigenvalue weighted by atomic mass is 10.2. The molecule has 0 atom stereocenters. The number of alkyl halides is 3. The van der Waals surface area contributed by atoms with Gasteiger partial charge in [-0.05, 0) is 25.1 Å². The van der Waals surface area contributed by atoms with Crippen LogP contribution in [0.4, 0.5) is 13.2 Å². The summed E-state index contributed by atoms with van der Waals surface area (Å²) in [5.41, 5.74) is 0.648. The molecular formula is C15H13F3N4O2. The minimum absolute atomic E-state index is 0.0572. The van der Waals surface area contributed by atoms with Crippen molar-refractivity contribution in [1.29, 1.82) is 0 Å². The highest BCUT2D eigenvalue weighted by atomic mass is 19.4. The van der Waals surface area contributed by atoms with Crippen molar-refractivity contribution >= 4 is 10.9 Å². The van der Waals surface area contributed by atoms with Crippen molar-refractivity contribution < 1.29 is 17.9 Å². The van der Waals surface area contributed by atoms with Crippen molar-refractivity contribution in [1.82, 2.24) is 19.1 Å². The summed E-state index contributed by atoms with van der Waals surface area (Å²) in [5, 5.41) is 0.0572. The molecular weight excluding hydrogens is 325 g/mol. The SMILES string of the molecule is CCn1cncc1Cn1cnc2ccc(OC(F)(F)F)cc2c1=O. The number of aromatic nitrogens is 4. The molecule has 0 aliphatic rings. The Balaban J connectivity index is 2.01. The highest BCUT2D eigenvalue weighted by molar-refractivity contribution is 5.78. The van der Waals surface area contributed by atoms with Crippen molar-refractivity contribution in [2.75, 3.05) is 0 Å². The molecule has 6 nitrogen and oxygen atoms in total. The summed E-state index contributed by atoms with van der Waals surface area (Å²) in [4.78, 5) is 20.7. The van der Waals surface area contributed by atoms with Gasteiger partial charge in [-0.15, -0.1) is 13.2 Å². The van der Waals surface area contributed by atoms with Gasteiger partial charge < -0.3 is 9.30 Å². The third-order valence-electron chi connectivity index (χ3n) is 3.50. The smallest absolute Gasteiger partial charge is 0.406 e. The Bertz CT molecular complexity index is 930.